The van der Waals surface area contributed by atoms with Crippen LogP contribution in [0.3, 0.4) is 0 Å². The van der Waals surface area contributed by atoms with Crippen LogP contribution in [0.25, 0.3) is 0 Å². The van der Waals surface area contributed by atoms with Crippen LogP contribution >= 0.6 is 0 Å². The number of hydrogen-bond acceptors (Lipinski definition) is 4. The van der Waals surface area contributed by atoms with Gasteiger partial charge in [0.2, 0.25) is 0 Å². The van der Waals surface area contributed by atoms with Gasteiger partial charge >= 0.3 is 15.6 Å². The summed E-state index contributed by atoms with van der Waals surface area (Å²) in [7, 11) is -5.72. The Morgan fingerprint density at radius 2 is 1.45 bits per heavy atom. The predicted molar refractivity (Wildman–Crippen MR) is 68.5 cm³/mol. The van der Waals surface area contributed by atoms with Crippen molar-refractivity contribution in [2.24, 2.45) is 0 Å². The molecular formula is C13H8F4O4S. The number of benzene rings is 2. The number of rotatable bonds is 4. The highest BCUT2D eigenvalue weighted by Gasteiger charge is 2.48. The van der Waals surface area contributed by atoms with Gasteiger partial charge in [-0.25, -0.2) is 4.39 Å². The fraction of sp³-hybridized carbons (Fsp3) is 0.0769. The monoisotopic (exact) mass is 336 g/mol. The molecule has 118 valence electrons. The molecule has 22 heavy (non-hydrogen) atoms. The summed E-state index contributed by atoms with van der Waals surface area (Å²) >= 11 is 0. The molecule has 0 aromatic heterocycles. The first-order chi connectivity index (χ1) is 10.2. The van der Waals surface area contributed by atoms with Crippen LogP contribution in [0.2, 0.25) is 0 Å². The Hall–Kier alpha value is -2.29. The van der Waals surface area contributed by atoms with E-state index in [9.17, 15) is 26.0 Å². The number of halogens is 4. The maximum Gasteiger partial charge on any atom is 0.534 e. The molecule has 0 radical (unpaired) electrons. The van der Waals surface area contributed by atoms with Crippen LogP contribution in [-0.4, -0.2) is 13.9 Å². The van der Waals surface area contributed by atoms with Crippen molar-refractivity contribution in [2.75, 3.05) is 0 Å². The van der Waals surface area contributed by atoms with E-state index < -0.39 is 27.2 Å². The lowest BCUT2D eigenvalue weighted by Crippen LogP contribution is -2.27. The Morgan fingerprint density at radius 1 is 0.864 bits per heavy atom. The fourth-order valence-corrected chi connectivity index (χ4v) is 1.86. The molecule has 0 amide bonds. The SMILES string of the molecule is O=S(=O)(Oc1ccc(Oc2cccc(F)c2)cc1)C(F)(F)F. The van der Waals surface area contributed by atoms with Crippen LogP contribution in [0, 0.1) is 5.82 Å². The summed E-state index contributed by atoms with van der Waals surface area (Å²) in [6, 6.07) is 9.55. The molecule has 2 aromatic carbocycles. The molecule has 0 bridgehead atoms. The van der Waals surface area contributed by atoms with E-state index in [1.807, 2.05) is 0 Å². The highest BCUT2D eigenvalue weighted by Crippen LogP contribution is 2.29. The number of hydrogen-bond donors (Lipinski definition) is 0. The first-order valence-corrected chi connectivity index (χ1v) is 7.12. The van der Waals surface area contributed by atoms with Crippen LogP contribution in [-0.2, 0) is 10.1 Å². The topological polar surface area (TPSA) is 52.6 Å². The minimum Gasteiger partial charge on any atom is -0.457 e. The molecule has 0 N–H and O–H groups in total. The first-order valence-electron chi connectivity index (χ1n) is 5.72. The smallest absolute Gasteiger partial charge is 0.457 e. The van der Waals surface area contributed by atoms with Gasteiger partial charge in [-0.05, 0) is 36.4 Å². The summed E-state index contributed by atoms with van der Waals surface area (Å²) in [6.45, 7) is 0. The van der Waals surface area contributed by atoms with Crippen LogP contribution in [0.15, 0.2) is 48.5 Å². The summed E-state index contributed by atoms with van der Waals surface area (Å²) in [5, 5.41) is 0. The second-order valence-corrected chi connectivity index (χ2v) is 5.55. The maximum atomic E-state index is 13.0. The molecule has 9 heteroatoms. The van der Waals surface area contributed by atoms with Crippen LogP contribution < -0.4 is 8.92 Å². The third kappa shape index (κ3) is 3.88. The minimum atomic E-state index is -5.72. The van der Waals surface area contributed by atoms with Gasteiger partial charge in [-0.1, -0.05) is 6.07 Å². The van der Waals surface area contributed by atoms with Gasteiger partial charge in [-0.3, -0.25) is 0 Å². The Labute approximate surface area is 123 Å². The third-order valence-corrected chi connectivity index (χ3v) is 3.32. The van der Waals surface area contributed by atoms with E-state index in [-0.39, 0.29) is 11.5 Å². The molecule has 0 atom stereocenters. The Morgan fingerprint density at radius 3 is 2.00 bits per heavy atom. The average molecular weight is 336 g/mol. The molecule has 0 unspecified atom stereocenters. The molecule has 0 aliphatic rings. The quantitative estimate of drug-likeness (QED) is 0.483. The standard InChI is InChI=1S/C13H8F4O4S/c14-9-2-1-3-12(8-9)20-10-4-6-11(7-5-10)21-22(18,19)13(15,16)17/h1-8H. The molecule has 0 saturated heterocycles. The van der Waals surface area contributed by atoms with Crippen molar-refractivity contribution in [1.29, 1.82) is 0 Å². The van der Waals surface area contributed by atoms with Crippen LogP contribution in [0.4, 0.5) is 17.6 Å². The zero-order valence-electron chi connectivity index (χ0n) is 10.7. The van der Waals surface area contributed by atoms with Crippen molar-refractivity contribution < 1.29 is 34.9 Å². The molecule has 4 nitrogen and oxygen atoms in total. The third-order valence-electron chi connectivity index (χ3n) is 2.34. The molecule has 2 rings (SSSR count). The Kier molecular flexibility index (Phi) is 4.27. The zero-order valence-corrected chi connectivity index (χ0v) is 11.5. The van der Waals surface area contributed by atoms with Gasteiger partial charge in [0, 0.05) is 6.07 Å². The molecule has 0 spiro atoms. The summed E-state index contributed by atoms with van der Waals surface area (Å²) < 4.78 is 80.2. The summed E-state index contributed by atoms with van der Waals surface area (Å²) in [4.78, 5) is 0. The summed E-state index contributed by atoms with van der Waals surface area (Å²) in [6.07, 6.45) is 0. The molecule has 0 fully saturated rings. The van der Waals surface area contributed by atoms with Gasteiger partial charge < -0.3 is 8.92 Å². The maximum absolute atomic E-state index is 13.0. The van der Waals surface area contributed by atoms with Crippen molar-refractivity contribution in [2.45, 2.75) is 5.51 Å². The number of ether oxygens (including phenoxy) is 1. The van der Waals surface area contributed by atoms with Gasteiger partial charge in [-0.15, -0.1) is 0 Å². The lowest BCUT2D eigenvalue weighted by Gasteiger charge is -2.10. The molecule has 0 aliphatic carbocycles. The Balaban J connectivity index is 2.11. The highest BCUT2D eigenvalue weighted by atomic mass is 32.2. The van der Waals surface area contributed by atoms with E-state index in [0.29, 0.717) is 0 Å². The van der Waals surface area contributed by atoms with Crippen LogP contribution in [0.5, 0.6) is 17.2 Å². The Bertz CT molecular complexity index is 754. The average Bonchev–Trinajstić information content (AvgIpc) is 2.39. The van der Waals surface area contributed by atoms with Gasteiger partial charge in [0.1, 0.15) is 23.1 Å². The van der Waals surface area contributed by atoms with E-state index in [0.717, 1.165) is 18.2 Å². The minimum absolute atomic E-state index is 0.169. The lowest BCUT2D eigenvalue weighted by molar-refractivity contribution is -0.0500. The predicted octanol–water partition coefficient (Wildman–Crippen LogP) is 3.85. The largest absolute Gasteiger partial charge is 0.534 e. The van der Waals surface area contributed by atoms with Gasteiger partial charge in [-0.2, -0.15) is 21.6 Å². The second-order valence-electron chi connectivity index (χ2n) is 4.01. The second kappa shape index (κ2) is 5.84. The van der Waals surface area contributed by atoms with Crippen molar-refractivity contribution in [1.82, 2.24) is 0 Å². The highest BCUT2D eigenvalue weighted by molar-refractivity contribution is 7.87. The first kappa shape index (κ1) is 16.1. The van der Waals surface area contributed by atoms with Crippen molar-refractivity contribution >= 4 is 10.1 Å². The van der Waals surface area contributed by atoms with Crippen LogP contribution in [0.1, 0.15) is 0 Å². The van der Waals surface area contributed by atoms with E-state index in [4.69, 9.17) is 4.74 Å². The van der Waals surface area contributed by atoms with E-state index in [1.54, 1.807) is 0 Å². The van der Waals surface area contributed by atoms with Gasteiger partial charge in [0.25, 0.3) is 0 Å². The molecule has 2 aromatic rings. The van der Waals surface area contributed by atoms with Gasteiger partial charge in [0.05, 0.1) is 0 Å². The molecule has 0 heterocycles. The normalized spacial score (nSPS) is 12.0. The van der Waals surface area contributed by atoms with E-state index in [2.05, 4.69) is 4.18 Å². The van der Waals surface area contributed by atoms with E-state index >= 15 is 0 Å². The summed E-state index contributed by atoms with van der Waals surface area (Å²) in [5.74, 6) is -0.698. The van der Waals surface area contributed by atoms with Crippen molar-refractivity contribution in [3.8, 4) is 17.2 Å². The molecular weight excluding hydrogens is 328 g/mol. The van der Waals surface area contributed by atoms with Gasteiger partial charge in [0.15, 0.2) is 0 Å². The van der Waals surface area contributed by atoms with Crippen molar-refractivity contribution in [3.63, 3.8) is 0 Å². The summed E-state index contributed by atoms with van der Waals surface area (Å²) in [5.41, 5.74) is -5.51. The number of alkyl halides is 3. The fourth-order valence-electron chi connectivity index (χ4n) is 1.40. The lowest BCUT2D eigenvalue weighted by atomic mass is 10.3. The van der Waals surface area contributed by atoms with Crippen molar-refractivity contribution in [3.05, 3.63) is 54.3 Å². The zero-order chi connectivity index (χ0) is 16.4. The van der Waals surface area contributed by atoms with E-state index in [1.165, 1.54) is 30.3 Å². The molecule has 0 saturated carbocycles. The molecule has 0 aliphatic heterocycles.